The molecule has 31 heavy (non-hydrogen) atoms. The van der Waals surface area contributed by atoms with Crippen LogP contribution in [-0.4, -0.2) is 30.5 Å². The Labute approximate surface area is 171 Å². The van der Waals surface area contributed by atoms with Crippen LogP contribution in [0.5, 0.6) is 0 Å². The number of pyridine rings is 3. The van der Waals surface area contributed by atoms with Gasteiger partial charge in [0, 0.05) is 6.20 Å². The normalized spacial score (nSPS) is 11.5. The van der Waals surface area contributed by atoms with Gasteiger partial charge >= 0.3 is 6.18 Å². The van der Waals surface area contributed by atoms with Gasteiger partial charge < -0.3 is 0 Å². The molecule has 6 nitrogen and oxygen atoms in total. The molecule has 0 unspecified atom stereocenters. The summed E-state index contributed by atoms with van der Waals surface area (Å²) in [6.07, 6.45) is -3.55. The van der Waals surface area contributed by atoms with E-state index >= 15 is 0 Å². The summed E-state index contributed by atoms with van der Waals surface area (Å²) in [6, 6.07) is 11.3. The van der Waals surface area contributed by atoms with Crippen molar-refractivity contribution in [2.24, 2.45) is 0 Å². The van der Waals surface area contributed by atoms with Crippen molar-refractivity contribution in [3.8, 4) is 17.1 Å². The van der Waals surface area contributed by atoms with E-state index < -0.39 is 29.5 Å². The highest BCUT2D eigenvalue weighted by Crippen LogP contribution is 2.27. The molecule has 4 aromatic rings. The van der Waals surface area contributed by atoms with E-state index in [1.54, 1.807) is 0 Å². The molecule has 0 aliphatic carbocycles. The summed E-state index contributed by atoms with van der Waals surface area (Å²) in [5.74, 6) is -2.74. The van der Waals surface area contributed by atoms with E-state index in [1.807, 2.05) is 0 Å². The minimum absolute atomic E-state index is 0.00807. The molecule has 0 atom stereocenters. The number of carbonyl (C=O) groups is 1. The van der Waals surface area contributed by atoms with Crippen LogP contribution in [0, 0.1) is 11.9 Å². The monoisotopic (exact) mass is 431 g/mol. The summed E-state index contributed by atoms with van der Waals surface area (Å²) in [4.78, 5) is 24.0. The summed E-state index contributed by atoms with van der Waals surface area (Å²) in [7, 11) is 0. The highest BCUT2D eigenvalue weighted by atomic mass is 19.4. The predicted molar refractivity (Wildman–Crippen MR) is 97.2 cm³/mol. The summed E-state index contributed by atoms with van der Waals surface area (Å²) < 4.78 is 66.2. The Balaban J connectivity index is 1.66. The van der Waals surface area contributed by atoms with Crippen molar-refractivity contribution in [3.05, 3.63) is 89.8 Å². The van der Waals surface area contributed by atoms with Gasteiger partial charge in [-0.1, -0.05) is 12.1 Å². The van der Waals surface area contributed by atoms with Crippen LogP contribution < -0.4 is 0 Å². The third-order valence-corrected chi connectivity index (χ3v) is 4.15. The molecule has 0 aliphatic rings. The second kappa shape index (κ2) is 7.67. The molecule has 0 N–H and O–H groups in total. The van der Waals surface area contributed by atoms with Crippen molar-refractivity contribution in [2.75, 3.05) is 0 Å². The number of rotatable bonds is 4. The fraction of sp³-hybridized carbons (Fsp3) is 0.0500. The first-order valence-corrected chi connectivity index (χ1v) is 8.67. The maximum absolute atomic E-state index is 13.9. The number of alkyl halides is 3. The zero-order valence-electron chi connectivity index (χ0n) is 15.3. The van der Waals surface area contributed by atoms with Gasteiger partial charge in [-0.25, -0.2) is 14.6 Å². The predicted octanol–water partition coefficient (Wildman–Crippen LogP) is 4.25. The van der Waals surface area contributed by atoms with Crippen LogP contribution in [0.1, 0.15) is 21.9 Å². The van der Waals surface area contributed by atoms with E-state index in [9.17, 15) is 26.7 Å². The van der Waals surface area contributed by atoms with Crippen molar-refractivity contribution in [2.45, 2.75) is 6.18 Å². The smallest absolute Gasteiger partial charge is 0.285 e. The van der Waals surface area contributed by atoms with E-state index in [2.05, 4.69) is 20.1 Å². The zero-order valence-corrected chi connectivity index (χ0v) is 15.3. The number of nitrogens with zero attached hydrogens (tertiary/aromatic N) is 5. The largest absolute Gasteiger partial charge is 0.435 e. The summed E-state index contributed by atoms with van der Waals surface area (Å²) in [5.41, 5.74) is -1.36. The maximum atomic E-state index is 13.9. The Bertz CT molecular complexity index is 1280. The number of hydrogen-bond donors (Lipinski definition) is 0. The molecule has 0 saturated heterocycles. The van der Waals surface area contributed by atoms with E-state index in [4.69, 9.17) is 0 Å². The van der Waals surface area contributed by atoms with Gasteiger partial charge in [0.25, 0.3) is 0 Å². The van der Waals surface area contributed by atoms with Crippen molar-refractivity contribution < 1.29 is 26.7 Å². The van der Waals surface area contributed by atoms with Crippen LogP contribution in [0.4, 0.5) is 22.0 Å². The first-order valence-electron chi connectivity index (χ1n) is 8.67. The topological polar surface area (TPSA) is 73.6 Å². The van der Waals surface area contributed by atoms with Crippen LogP contribution in [-0.2, 0) is 6.18 Å². The zero-order chi connectivity index (χ0) is 22.2. The minimum Gasteiger partial charge on any atom is -0.285 e. The molecule has 0 bridgehead atoms. The van der Waals surface area contributed by atoms with Gasteiger partial charge in [-0.15, -0.1) is 0 Å². The van der Waals surface area contributed by atoms with E-state index in [0.29, 0.717) is 0 Å². The summed E-state index contributed by atoms with van der Waals surface area (Å²) in [6.45, 7) is 0. The molecule has 4 heterocycles. The number of ketones is 1. The Kier molecular flexibility index (Phi) is 5.01. The Hall–Kier alpha value is -4.02. The maximum Gasteiger partial charge on any atom is 0.435 e. The molecule has 0 aliphatic heterocycles. The van der Waals surface area contributed by atoms with Gasteiger partial charge in [0.15, 0.2) is 11.5 Å². The lowest BCUT2D eigenvalue weighted by atomic mass is 10.1. The molecule has 0 aromatic carbocycles. The SMILES string of the molecule is O=C(c1cccc(-c2ccc(F)nc2F)n1)c1cccc(-n2ccc(C(F)(F)F)n2)n1. The lowest BCUT2D eigenvalue weighted by molar-refractivity contribution is -0.141. The Morgan fingerprint density at radius 3 is 2.23 bits per heavy atom. The lowest BCUT2D eigenvalue weighted by Gasteiger charge is -2.06. The van der Waals surface area contributed by atoms with Crippen LogP contribution in [0.15, 0.2) is 60.8 Å². The second-order valence-corrected chi connectivity index (χ2v) is 6.23. The van der Waals surface area contributed by atoms with Crippen molar-refractivity contribution >= 4 is 5.78 Å². The molecule has 156 valence electrons. The van der Waals surface area contributed by atoms with Gasteiger partial charge in [-0.2, -0.15) is 32.0 Å². The van der Waals surface area contributed by atoms with Gasteiger partial charge in [-0.3, -0.25) is 4.79 Å². The molecule has 0 amide bonds. The highest BCUT2D eigenvalue weighted by Gasteiger charge is 2.33. The lowest BCUT2D eigenvalue weighted by Crippen LogP contribution is -2.11. The molecule has 0 spiro atoms. The van der Waals surface area contributed by atoms with Gasteiger partial charge in [0.2, 0.25) is 17.7 Å². The average Bonchev–Trinajstić information content (AvgIpc) is 3.24. The van der Waals surface area contributed by atoms with Crippen LogP contribution in [0.3, 0.4) is 0 Å². The minimum atomic E-state index is -4.62. The van der Waals surface area contributed by atoms with Crippen molar-refractivity contribution in [3.63, 3.8) is 0 Å². The van der Waals surface area contributed by atoms with E-state index in [1.165, 1.54) is 36.4 Å². The summed E-state index contributed by atoms with van der Waals surface area (Å²) in [5, 5.41) is 3.42. The third kappa shape index (κ3) is 4.15. The quantitative estimate of drug-likeness (QED) is 0.274. The molecular formula is C20H10F5N5O. The van der Waals surface area contributed by atoms with Crippen LogP contribution >= 0.6 is 0 Å². The molecule has 0 saturated carbocycles. The van der Waals surface area contributed by atoms with Crippen molar-refractivity contribution in [1.29, 1.82) is 0 Å². The summed E-state index contributed by atoms with van der Waals surface area (Å²) >= 11 is 0. The molecule has 0 fully saturated rings. The molecular weight excluding hydrogens is 421 g/mol. The molecule has 0 radical (unpaired) electrons. The highest BCUT2D eigenvalue weighted by molar-refractivity contribution is 6.06. The van der Waals surface area contributed by atoms with Gasteiger partial charge in [0.1, 0.15) is 11.4 Å². The Morgan fingerprint density at radius 1 is 0.839 bits per heavy atom. The first-order chi connectivity index (χ1) is 14.7. The number of carbonyl (C=O) groups excluding carboxylic acids is 1. The second-order valence-electron chi connectivity index (χ2n) is 6.23. The van der Waals surface area contributed by atoms with Crippen molar-refractivity contribution in [1.82, 2.24) is 24.7 Å². The molecule has 11 heteroatoms. The number of halogens is 5. The number of aromatic nitrogens is 5. The van der Waals surface area contributed by atoms with E-state index in [-0.39, 0.29) is 28.5 Å². The number of hydrogen-bond acceptors (Lipinski definition) is 5. The van der Waals surface area contributed by atoms with E-state index in [0.717, 1.165) is 29.1 Å². The Morgan fingerprint density at radius 2 is 1.55 bits per heavy atom. The van der Waals surface area contributed by atoms with Crippen LogP contribution in [0.25, 0.3) is 17.1 Å². The molecule has 4 rings (SSSR count). The first kappa shape index (κ1) is 20.3. The fourth-order valence-corrected chi connectivity index (χ4v) is 2.73. The molecule has 4 aromatic heterocycles. The standard InChI is InChI=1S/C20H10F5N5O/c21-16-8-7-11(19(22)28-16)12-3-1-4-13(26-12)18(31)14-5-2-6-17(27-14)30-10-9-15(29-30)20(23,24)25/h1-10H. The third-order valence-electron chi connectivity index (χ3n) is 4.15. The average molecular weight is 431 g/mol. The van der Waals surface area contributed by atoms with Gasteiger partial charge in [0.05, 0.1) is 11.3 Å². The van der Waals surface area contributed by atoms with Crippen LogP contribution in [0.2, 0.25) is 0 Å². The van der Waals surface area contributed by atoms with Gasteiger partial charge in [-0.05, 0) is 42.5 Å². The fourth-order valence-electron chi connectivity index (χ4n) is 2.73.